The van der Waals surface area contributed by atoms with Crippen molar-refractivity contribution in [1.29, 1.82) is 0 Å². The highest BCUT2D eigenvalue weighted by atomic mass is 16.6. The molecule has 0 spiro atoms. The Morgan fingerprint density at radius 3 is 2.07 bits per heavy atom. The lowest BCUT2D eigenvalue weighted by Gasteiger charge is -2.35. The second-order valence-corrected chi connectivity index (χ2v) is 10.7. The number of aromatic nitrogens is 1. The summed E-state index contributed by atoms with van der Waals surface area (Å²) >= 11 is 0. The van der Waals surface area contributed by atoms with Crippen molar-refractivity contribution < 1.29 is 33.3 Å². The van der Waals surface area contributed by atoms with E-state index in [1.807, 2.05) is 36.4 Å². The minimum Gasteiger partial charge on any atom is -0.497 e. The summed E-state index contributed by atoms with van der Waals surface area (Å²) in [7, 11) is 3.17. The summed E-state index contributed by atoms with van der Waals surface area (Å²) in [6, 6.07) is 17.3. The van der Waals surface area contributed by atoms with E-state index < -0.39 is 29.6 Å². The van der Waals surface area contributed by atoms with E-state index in [0.29, 0.717) is 17.3 Å². The molecule has 1 aliphatic rings. The number of rotatable bonds is 10. The average molecular weight is 562 g/mol. The van der Waals surface area contributed by atoms with Gasteiger partial charge in [0.1, 0.15) is 35.6 Å². The van der Waals surface area contributed by atoms with Gasteiger partial charge in [-0.25, -0.2) is 14.6 Å². The van der Waals surface area contributed by atoms with E-state index >= 15 is 0 Å². The maximum atomic E-state index is 13.2. The largest absolute Gasteiger partial charge is 0.497 e. The molecule has 1 aromatic heterocycles. The highest BCUT2D eigenvalue weighted by molar-refractivity contribution is 5.97. The van der Waals surface area contributed by atoms with Gasteiger partial charge in [0.2, 0.25) is 5.91 Å². The second-order valence-electron chi connectivity index (χ2n) is 10.7. The van der Waals surface area contributed by atoms with Gasteiger partial charge >= 0.3 is 12.1 Å². The molecule has 0 radical (unpaired) electrons. The van der Waals surface area contributed by atoms with Crippen LogP contribution in [0.15, 0.2) is 66.9 Å². The molecule has 1 fully saturated rings. The summed E-state index contributed by atoms with van der Waals surface area (Å²) in [5.41, 5.74) is 1.68. The van der Waals surface area contributed by atoms with Crippen LogP contribution in [0.4, 0.5) is 10.6 Å². The zero-order valence-electron chi connectivity index (χ0n) is 23.9. The maximum absolute atomic E-state index is 13.2. The molecule has 1 unspecified atom stereocenters. The highest BCUT2D eigenvalue weighted by Crippen LogP contribution is 2.26. The van der Waals surface area contributed by atoms with Crippen molar-refractivity contribution in [2.45, 2.75) is 52.0 Å². The Hall–Kier alpha value is -4.60. The number of carbonyl (C=O) groups is 3. The van der Waals surface area contributed by atoms with Crippen molar-refractivity contribution in [2.24, 2.45) is 5.92 Å². The van der Waals surface area contributed by atoms with E-state index in [-0.39, 0.29) is 25.5 Å². The fraction of sp³-hybridized carbons (Fsp3) is 0.355. The van der Waals surface area contributed by atoms with Crippen LogP contribution < -0.4 is 19.7 Å². The number of amides is 2. The van der Waals surface area contributed by atoms with Crippen LogP contribution in [-0.4, -0.2) is 48.8 Å². The Balaban J connectivity index is 1.46. The number of hydrogen-bond donors (Lipinski definition) is 1. The number of β-lactam (4-membered cyclic amide) rings is 1. The summed E-state index contributed by atoms with van der Waals surface area (Å²) < 4.78 is 21.5. The predicted octanol–water partition coefficient (Wildman–Crippen LogP) is 4.44. The summed E-state index contributed by atoms with van der Waals surface area (Å²) in [6.45, 7) is 5.67. The van der Waals surface area contributed by atoms with E-state index in [4.69, 9.17) is 18.9 Å². The summed E-state index contributed by atoms with van der Waals surface area (Å²) in [4.78, 5) is 44.3. The minimum absolute atomic E-state index is 0.0809. The molecule has 2 heterocycles. The van der Waals surface area contributed by atoms with Crippen LogP contribution in [0.25, 0.3) is 0 Å². The van der Waals surface area contributed by atoms with E-state index in [9.17, 15) is 14.4 Å². The van der Waals surface area contributed by atoms with Crippen molar-refractivity contribution in [1.82, 2.24) is 10.3 Å². The van der Waals surface area contributed by atoms with Gasteiger partial charge in [0, 0.05) is 6.20 Å². The van der Waals surface area contributed by atoms with Crippen molar-refractivity contribution in [3.63, 3.8) is 0 Å². The molecule has 2 aromatic carbocycles. The zero-order valence-corrected chi connectivity index (χ0v) is 23.9. The van der Waals surface area contributed by atoms with Gasteiger partial charge in [-0.15, -0.1) is 0 Å². The lowest BCUT2D eigenvalue weighted by atomic mass is 9.85. The van der Waals surface area contributed by atoms with Gasteiger partial charge in [-0.3, -0.25) is 9.69 Å². The highest BCUT2D eigenvalue weighted by Gasteiger charge is 2.45. The third-order valence-corrected chi connectivity index (χ3v) is 6.49. The van der Waals surface area contributed by atoms with Crippen LogP contribution in [0, 0.1) is 5.92 Å². The van der Waals surface area contributed by atoms with E-state index in [2.05, 4.69) is 10.3 Å². The predicted molar refractivity (Wildman–Crippen MR) is 152 cm³/mol. The van der Waals surface area contributed by atoms with Crippen LogP contribution in [-0.2, 0) is 38.6 Å². The monoisotopic (exact) mass is 561 g/mol. The molecule has 1 saturated heterocycles. The molecule has 10 nitrogen and oxygen atoms in total. The van der Waals surface area contributed by atoms with Gasteiger partial charge in [0.15, 0.2) is 0 Å². The van der Waals surface area contributed by atoms with Crippen LogP contribution in [0.3, 0.4) is 0 Å². The molecule has 41 heavy (non-hydrogen) atoms. The molecule has 216 valence electrons. The number of nitrogens with one attached hydrogen (secondary N) is 1. The first-order valence-electron chi connectivity index (χ1n) is 13.2. The molecule has 0 bridgehead atoms. The van der Waals surface area contributed by atoms with Gasteiger partial charge in [-0.05, 0) is 80.3 Å². The van der Waals surface area contributed by atoms with Crippen molar-refractivity contribution in [3.05, 3.63) is 83.6 Å². The van der Waals surface area contributed by atoms with Gasteiger partial charge in [-0.1, -0.05) is 24.3 Å². The fourth-order valence-corrected chi connectivity index (χ4v) is 4.27. The summed E-state index contributed by atoms with van der Waals surface area (Å²) in [5.74, 6) is 0.425. The first kappa shape index (κ1) is 29.4. The molecule has 1 N–H and O–H groups in total. The Kier molecular flexibility index (Phi) is 9.11. The van der Waals surface area contributed by atoms with E-state index in [1.54, 1.807) is 65.5 Å². The first-order chi connectivity index (χ1) is 19.6. The standard InChI is InChI=1S/C31H35N3O7/c1-31(2,3)41-30(37)34(18-20-6-10-23(38-4)11-7-20)26-17-22(14-15-32-26)16-25-27(33-28(25)35)29(36)40-19-21-8-12-24(39-5)13-9-21/h6-15,17,25,27H,16,18-19H2,1-5H3,(H,33,35)/t25?,27-/m0/s1. The number of pyridine rings is 1. The molecule has 4 rings (SSSR count). The van der Waals surface area contributed by atoms with Crippen LogP contribution >= 0.6 is 0 Å². The third-order valence-electron chi connectivity index (χ3n) is 6.49. The number of benzene rings is 2. The number of methoxy groups -OCH3 is 2. The van der Waals surface area contributed by atoms with Gasteiger partial charge in [-0.2, -0.15) is 0 Å². The topological polar surface area (TPSA) is 116 Å². The second kappa shape index (κ2) is 12.7. The van der Waals surface area contributed by atoms with Crippen LogP contribution in [0.2, 0.25) is 0 Å². The molecule has 2 amide bonds. The molecule has 1 aliphatic heterocycles. The smallest absolute Gasteiger partial charge is 0.416 e. The molecular weight excluding hydrogens is 526 g/mol. The molecule has 0 saturated carbocycles. The van der Waals surface area contributed by atoms with Gasteiger partial charge < -0.3 is 24.3 Å². The lowest BCUT2D eigenvalue weighted by molar-refractivity contribution is -0.158. The van der Waals surface area contributed by atoms with Crippen LogP contribution in [0.1, 0.15) is 37.5 Å². The number of anilines is 1. The Labute approximate surface area is 239 Å². The Bertz CT molecular complexity index is 1370. The third kappa shape index (κ3) is 7.75. The average Bonchev–Trinajstić information content (AvgIpc) is 2.96. The van der Waals surface area contributed by atoms with Gasteiger partial charge in [0.25, 0.3) is 0 Å². The quantitative estimate of drug-likeness (QED) is 0.285. The summed E-state index contributed by atoms with van der Waals surface area (Å²) in [6.07, 6.45) is 1.29. The van der Waals surface area contributed by atoms with Crippen molar-refractivity contribution in [3.8, 4) is 11.5 Å². The molecule has 0 aliphatic carbocycles. The normalized spacial score (nSPS) is 16.2. The Morgan fingerprint density at radius 2 is 1.51 bits per heavy atom. The number of nitrogens with zero attached hydrogens (tertiary/aromatic N) is 2. The fourth-order valence-electron chi connectivity index (χ4n) is 4.27. The number of esters is 1. The number of ether oxygens (including phenoxy) is 4. The van der Waals surface area contributed by atoms with Crippen LogP contribution in [0.5, 0.6) is 11.5 Å². The SMILES string of the molecule is COc1ccc(COC(=O)[C@H]2NC(=O)C2Cc2ccnc(N(Cc3ccc(OC)cc3)C(=O)OC(C)(C)C)c2)cc1. The first-order valence-corrected chi connectivity index (χ1v) is 13.2. The Morgan fingerprint density at radius 1 is 0.902 bits per heavy atom. The number of carbonyl (C=O) groups excluding carboxylic acids is 3. The van der Waals surface area contributed by atoms with Crippen molar-refractivity contribution in [2.75, 3.05) is 19.1 Å². The molecular formula is C31H35N3O7. The molecule has 10 heteroatoms. The lowest BCUT2D eigenvalue weighted by Crippen LogP contribution is -2.63. The van der Waals surface area contributed by atoms with E-state index in [1.165, 1.54) is 4.90 Å². The van der Waals surface area contributed by atoms with Gasteiger partial charge in [0.05, 0.1) is 26.7 Å². The zero-order chi connectivity index (χ0) is 29.6. The molecule has 2 atom stereocenters. The summed E-state index contributed by atoms with van der Waals surface area (Å²) in [5, 5.41) is 2.65. The maximum Gasteiger partial charge on any atom is 0.416 e. The van der Waals surface area contributed by atoms with Crippen molar-refractivity contribution >= 4 is 23.8 Å². The van der Waals surface area contributed by atoms with E-state index in [0.717, 1.165) is 16.7 Å². The minimum atomic E-state index is -0.765. The number of hydrogen-bond acceptors (Lipinski definition) is 8. The molecule has 3 aromatic rings.